The molecule has 2 aromatic rings. The highest BCUT2D eigenvalue weighted by Gasteiger charge is 2.37. The highest BCUT2D eigenvalue weighted by Crippen LogP contribution is 2.19. The topological polar surface area (TPSA) is 77.0 Å². The molecule has 1 atom stereocenters. The lowest BCUT2D eigenvalue weighted by Crippen LogP contribution is -2.43. The van der Waals surface area contributed by atoms with Crippen LogP contribution in [-0.2, 0) is 24.3 Å². The maximum atomic E-state index is 12.7. The van der Waals surface area contributed by atoms with Gasteiger partial charge in [-0.2, -0.15) is 0 Å². The van der Waals surface area contributed by atoms with Crippen LogP contribution in [0.25, 0.3) is 0 Å². The van der Waals surface area contributed by atoms with Gasteiger partial charge in [-0.1, -0.05) is 30.3 Å². The minimum atomic E-state index is -0.700. The van der Waals surface area contributed by atoms with E-state index in [1.807, 2.05) is 25.1 Å². The molecule has 3 amide bonds. The lowest BCUT2D eigenvalue weighted by Gasteiger charge is -2.31. The van der Waals surface area contributed by atoms with Gasteiger partial charge >= 0.3 is 6.03 Å². The Balaban J connectivity index is 1.32. The molecule has 1 N–H and O–H groups in total. The number of imide groups is 1. The van der Waals surface area contributed by atoms with Gasteiger partial charge in [-0.15, -0.1) is 0 Å². The van der Waals surface area contributed by atoms with Gasteiger partial charge in [0.2, 0.25) is 0 Å². The van der Waals surface area contributed by atoms with Crippen LogP contribution in [0.1, 0.15) is 22.4 Å². The van der Waals surface area contributed by atoms with E-state index in [1.54, 1.807) is 6.20 Å². The fourth-order valence-electron chi connectivity index (χ4n) is 3.97. The fourth-order valence-corrected chi connectivity index (χ4v) is 3.97. The quantitative estimate of drug-likeness (QED) is 0.753. The summed E-state index contributed by atoms with van der Waals surface area (Å²) in [5.74, 6) is -0.253. The number of nitrogens with zero attached hydrogens (tertiary/aromatic N) is 4. The van der Waals surface area contributed by atoms with Gasteiger partial charge in [-0.05, 0) is 36.1 Å². The van der Waals surface area contributed by atoms with Crippen molar-refractivity contribution in [3.05, 3.63) is 65.0 Å². The number of pyridine rings is 1. The van der Waals surface area contributed by atoms with Gasteiger partial charge in [0, 0.05) is 25.8 Å². The molecule has 4 rings (SSSR count). The molecule has 0 spiro atoms. The van der Waals surface area contributed by atoms with Crippen LogP contribution in [0.2, 0.25) is 0 Å². The SMILES string of the molecule is Cc1ccc(CN2C(=O)CN(CC(O)CN3CCc4ccccc4C3)C2=O)nc1. The number of urea groups is 1. The van der Waals surface area contributed by atoms with E-state index in [4.69, 9.17) is 0 Å². The van der Waals surface area contributed by atoms with Gasteiger partial charge in [-0.3, -0.25) is 19.6 Å². The zero-order valence-electron chi connectivity index (χ0n) is 16.6. The highest BCUT2D eigenvalue weighted by atomic mass is 16.3. The highest BCUT2D eigenvalue weighted by molar-refractivity contribution is 6.01. The number of hydrogen-bond acceptors (Lipinski definition) is 5. The number of fused-ring (bicyclic) bond motifs is 1. The number of benzene rings is 1. The Morgan fingerprint density at radius 1 is 1.07 bits per heavy atom. The van der Waals surface area contributed by atoms with Crippen LogP contribution in [0.3, 0.4) is 0 Å². The Morgan fingerprint density at radius 2 is 1.86 bits per heavy atom. The smallest absolute Gasteiger partial charge is 0.327 e. The van der Waals surface area contributed by atoms with E-state index in [9.17, 15) is 14.7 Å². The number of amides is 3. The fraction of sp³-hybridized carbons (Fsp3) is 0.409. The van der Waals surface area contributed by atoms with Crippen molar-refractivity contribution >= 4 is 11.9 Å². The van der Waals surface area contributed by atoms with Crippen molar-refractivity contribution in [2.45, 2.75) is 32.5 Å². The molecule has 0 aliphatic carbocycles. The second kappa shape index (κ2) is 8.31. The van der Waals surface area contributed by atoms with E-state index < -0.39 is 6.10 Å². The van der Waals surface area contributed by atoms with Crippen molar-refractivity contribution in [3.8, 4) is 0 Å². The molecule has 0 radical (unpaired) electrons. The molecule has 2 aliphatic heterocycles. The molecule has 1 aromatic heterocycles. The number of β-amino-alcohol motifs (C(OH)–C–C–N with tert-alkyl or cyclic N) is 1. The first-order valence-electron chi connectivity index (χ1n) is 9.97. The van der Waals surface area contributed by atoms with Gasteiger partial charge in [0.25, 0.3) is 5.91 Å². The second-order valence-electron chi connectivity index (χ2n) is 7.88. The molecule has 0 bridgehead atoms. The van der Waals surface area contributed by atoms with E-state index in [0.29, 0.717) is 12.2 Å². The first-order valence-corrected chi connectivity index (χ1v) is 9.97. The second-order valence-corrected chi connectivity index (χ2v) is 7.88. The van der Waals surface area contributed by atoms with Crippen molar-refractivity contribution in [1.82, 2.24) is 19.7 Å². The summed E-state index contributed by atoms with van der Waals surface area (Å²) in [5, 5.41) is 10.5. The van der Waals surface area contributed by atoms with Gasteiger partial charge in [0.05, 0.1) is 24.9 Å². The molecule has 2 aliphatic rings. The van der Waals surface area contributed by atoms with Crippen molar-refractivity contribution in [1.29, 1.82) is 0 Å². The molecule has 29 heavy (non-hydrogen) atoms. The average molecular weight is 394 g/mol. The standard InChI is InChI=1S/C22H26N4O3/c1-16-6-7-19(23-10-16)12-26-21(28)15-25(22(26)29)14-20(27)13-24-9-8-17-4-2-3-5-18(17)11-24/h2-7,10,20,27H,8-9,11-15H2,1H3. The van der Waals surface area contributed by atoms with Gasteiger partial charge in [0.15, 0.2) is 0 Å². The van der Waals surface area contributed by atoms with Crippen LogP contribution in [0.4, 0.5) is 4.79 Å². The monoisotopic (exact) mass is 394 g/mol. The lowest BCUT2D eigenvalue weighted by atomic mass is 10.00. The summed E-state index contributed by atoms with van der Waals surface area (Å²) in [7, 11) is 0. The Bertz CT molecular complexity index is 899. The van der Waals surface area contributed by atoms with Crippen LogP contribution >= 0.6 is 0 Å². The number of aliphatic hydroxyl groups excluding tert-OH is 1. The molecule has 1 unspecified atom stereocenters. The predicted molar refractivity (Wildman–Crippen MR) is 108 cm³/mol. The first kappa shape index (κ1) is 19.5. The zero-order valence-corrected chi connectivity index (χ0v) is 16.6. The lowest BCUT2D eigenvalue weighted by molar-refractivity contribution is -0.125. The summed E-state index contributed by atoms with van der Waals surface area (Å²) < 4.78 is 0. The molecular formula is C22H26N4O3. The largest absolute Gasteiger partial charge is 0.390 e. The van der Waals surface area contributed by atoms with Crippen LogP contribution in [0.15, 0.2) is 42.6 Å². The molecule has 1 aromatic carbocycles. The summed E-state index contributed by atoms with van der Waals surface area (Å²) in [6.45, 7) is 4.41. The molecule has 7 nitrogen and oxygen atoms in total. The summed E-state index contributed by atoms with van der Waals surface area (Å²) in [6, 6.07) is 11.7. The van der Waals surface area contributed by atoms with E-state index in [1.165, 1.54) is 20.9 Å². The third kappa shape index (κ3) is 4.46. The van der Waals surface area contributed by atoms with Crippen LogP contribution in [0, 0.1) is 6.92 Å². The molecule has 3 heterocycles. The maximum absolute atomic E-state index is 12.7. The number of carbonyl (C=O) groups is 2. The predicted octanol–water partition coefficient (Wildman–Crippen LogP) is 1.57. The van der Waals surface area contributed by atoms with Crippen LogP contribution in [-0.4, -0.2) is 69.0 Å². The number of aliphatic hydroxyl groups is 1. The normalized spacial score (nSPS) is 18.3. The number of aryl methyl sites for hydroxylation is 1. The molecular weight excluding hydrogens is 368 g/mol. The van der Waals surface area contributed by atoms with Crippen molar-refractivity contribution in [3.63, 3.8) is 0 Å². The summed E-state index contributed by atoms with van der Waals surface area (Å²) >= 11 is 0. The molecule has 0 saturated carbocycles. The Morgan fingerprint density at radius 3 is 2.62 bits per heavy atom. The summed E-state index contributed by atoms with van der Waals surface area (Å²) in [5.41, 5.74) is 4.35. The number of aromatic nitrogens is 1. The summed E-state index contributed by atoms with van der Waals surface area (Å²) in [4.78, 5) is 34.1. The van der Waals surface area contributed by atoms with E-state index >= 15 is 0 Å². The molecule has 1 fully saturated rings. The van der Waals surface area contributed by atoms with Crippen molar-refractivity contribution in [2.75, 3.05) is 26.2 Å². The zero-order chi connectivity index (χ0) is 20.4. The van der Waals surface area contributed by atoms with Crippen LogP contribution < -0.4 is 0 Å². The van der Waals surface area contributed by atoms with Crippen molar-refractivity contribution < 1.29 is 14.7 Å². The number of hydrogen-bond donors (Lipinski definition) is 1. The van der Waals surface area contributed by atoms with E-state index in [-0.39, 0.29) is 31.6 Å². The van der Waals surface area contributed by atoms with Gasteiger partial charge in [-0.25, -0.2) is 4.79 Å². The van der Waals surface area contributed by atoms with E-state index in [2.05, 4.69) is 28.1 Å². The Labute approximate surface area is 170 Å². The first-order chi connectivity index (χ1) is 14.0. The van der Waals surface area contributed by atoms with Gasteiger partial charge < -0.3 is 10.0 Å². The maximum Gasteiger partial charge on any atom is 0.327 e. The van der Waals surface area contributed by atoms with E-state index in [0.717, 1.165) is 25.1 Å². The minimum absolute atomic E-state index is 0.00455. The van der Waals surface area contributed by atoms with Crippen LogP contribution in [0.5, 0.6) is 0 Å². The third-order valence-corrected chi connectivity index (χ3v) is 5.53. The molecule has 152 valence electrons. The molecule has 7 heteroatoms. The summed E-state index contributed by atoms with van der Waals surface area (Å²) in [6.07, 6.45) is 1.98. The number of carbonyl (C=O) groups excluding carboxylic acids is 2. The van der Waals surface area contributed by atoms with Crippen molar-refractivity contribution in [2.24, 2.45) is 0 Å². The van der Waals surface area contributed by atoms with Gasteiger partial charge in [0.1, 0.15) is 6.54 Å². The Kier molecular flexibility index (Phi) is 5.60. The number of rotatable bonds is 6. The Hall–Kier alpha value is -2.77. The molecule has 1 saturated heterocycles. The average Bonchev–Trinajstić information content (AvgIpc) is 2.96. The third-order valence-electron chi connectivity index (χ3n) is 5.53. The minimum Gasteiger partial charge on any atom is -0.390 e.